The van der Waals surface area contributed by atoms with Crippen molar-refractivity contribution in [3.05, 3.63) is 33.9 Å². The molecule has 0 amide bonds. The number of hydrogen-bond donors (Lipinski definition) is 0. The van der Waals surface area contributed by atoms with Gasteiger partial charge >= 0.3 is 0 Å². The second kappa shape index (κ2) is 6.36. The maximum atomic E-state index is 10.7. The smallest absolute Gasteiger partial charge is 0.270 e. The van der Waals surface area contributed by atoms with Gasteiger partial charge < -0.3 is 4.90 Å². The van der Waals surface area contributed by atoms with Crippen LogP contribution in [0.25, 0.3) is 0 Å². The molecule has 0 atom stereocenters. The molecule has 0 spiro atoms. The lowest BCUT2D eigenvalue weighted by atomic mass is 10.1. The van der Waals surface area contributed by atoms with Gasteiger partial charge in [0, 0.05) is 24.7 Å². The molecule has 1 rings (SSSR count). The first-order valence-corrected chi connectivity index (χ1v) is 5.83. The van der Waals surface area contributed by atoms with E-state index >= 15 is 0 Å². The van der Waals surface area contributed by atoms with Gasteiger partial charge in [0.1, 0.15) is 6.07 Å². The van der Waals surface area contributed by atoms with Gasteiger partial charge in [-0.25, -0.2) is 0 Å². The van der Waals surface area contributed by atoms with Crippen molar-refractivity contribution in [1.29, 1.82) is 10.5 Å². The number of rotatable bonds is 5. The Labute approximate surface area is 111 Å². The van der Waals surface area contributed by atoms with Gasteiger partial charge in [-0.1, -0.05) is 0 Å². The number of hydrogen-bond acceptors (Lipinski definition) is 5. The van der Waals surface area contributed by atoms with Crippen LogP contribution >= 0.6 is 0 Å². The minimum absolute atomic E-state index is 0.0990. The highest BCUT2D eigenvalue weighted by molar-refractivity contribution is 5.63. The van der Waals surface area contributed by atoms with Crippen LogP contribution in [0.1, 0.15) is 25.8 Å². The number of anilines is 1. The summed E-state index contributed by atoms with van der Waals surface area (Å²) in [6, 6.07) is 8.33. The zero-order valence-corrected chi connectivity index (χ0v) is 10.8. The molecular weight excluding hydrogens is 244 g/mol. The number of nitro benzene ring substituents is 1. The van der Waals surface area contributed by atoms with Gasteiger partial charge in [-0.3, -0.25) is 10.1 Å². The van der Waals surface area contributed by atoms with Crippen molar-refractivity contribution >= 4 is 11.4 Å². The predicted molar refractivity (Wildman–Crippen MR) is 70.5 cm³/mol. The maximum Gasteiger partial charge on any atom is 0.270 e. The van der Waals surface area contributed by atoms with E-state index in [2.05, 4.69) is 6.07 Å². The van der Waals surface area contributed by atoms with Gasteiger partial charge in [-0.05, 0) is 19.9 Å². The molecule has 0 radical (unpaired) electrons. The molecule has 98 valence electrons. The molecular formula is C13H14N4O2. The van der Waals surface area contributed by atoms with Gasteiger partial charge in [0.25, 0.3) is 5.69 Å². The topological polar surface area (TPSA) is 94.0 Å². The fourth-order valence-electron chi connectivity index (χ4n) is 1.80. The van der Waals surface area contributed by atoms with Crippen molar-refractivity contribution < 1.29 is 4.92 Å². The highest BCUT2D eigenvalue weighted by Crippen LogP contribution is 2.26. The van der Waals surface area contributed by atoms with E-state index < -0.39 is 4.92 Å². The lowest BCUT2D eigenvalue weighted by molar-refractivity contribution is -0.384. The van der Waals surface area contributed by atoms with E-state index in [1.54, 1.807) is 6.07 Å². The van der Waals surface area contributed by atoms with E-state index in [1.807, 2.05) is 24.8 Å². The Balaban J connectivity index is 3.20. The van der Waals surface area contributed by atoms with Gasteiger partial charge in [0.05, 0.1) is 28.7 Å². The third kappa shape index (κ3) is 3.43. The van der Waals surface area contributed by atoms with Crippen LogP contribution in [0.3, 0.4) is 0 Å². The zero-order chi connectivity index (χ0) is 14.4. The van der Waals surface area contributed by atoms with Crippen LogP contribution < -0.4 is 4.90 Å². The molecule has 0 unspecified atom stereocenters. The number of benzene rings is 1. The minimum Gasteiger partial charge on any atom is -0.367 e. The molecule has 0 bridgehead atoms. The summed E-state index contributed by atoms with van der Waals surface area (Å²) in [7, 11) is 0. The number of nitrogens with zero attached hydrogens (tertiary/aromatic N) is 4. The molecule has 1 aromatic carbocycles. The van der Waals surface area contributed by atoms with Crippen molar-refractivity contribution in [2.24, 2.45) is 0 Å². The number of non-ortho nitro benzene ring substituents is 1. The van der Waals surface area contributed by atoms with Crippen LogP contribution in [0.15, 0.2) is 18.2 Å². The van der Waals surface area contributed by atoms with Crippen LogP contribution in [0.5, 0.6) is 0 Å². The fourth-order valence-corrected chi connectivity index (χ4v) is 1.80. The molecule has 6 nitrogen and oxygen atoms in total. The van der Waals surface area contributed by atoms with Crippen LogP contribution in [-0.2, 0) is 0 Å². The monoisotopic (exact) mass is 258 g/mol. The van der Waals surface area contributed by atoms with Crippen molar-refractivity contribution in [3.8, 4) is 12.1 Å². The molecule has 0 aliphatic carbocycles. The molecule has 19 heavy (non-hydrogen) atoms. The van der Waals surface area contributed by atoms with Gasteiger partial charge in [0.15, 0.2) is 0 Å². The summed E-state index contributed by atoms with van der Waals surface area (Å²) in [5.74, 6) is 0. The first-order chi connectivity index (χ1) is 9.01. The van der Waals surface area contributed by atoms with Gasteiger partial charge in [-0.15, -0.1) is 0 Å². The first kappa shape index (κ1) is 14.5. The van der Waals surface area contributed by atoms with Crippen molar-refractivity contribution in [1.82, 2.24) is 0 Å². The molecule has 0 aliphatic heterocycles. The standard InChI is InChI=1S/C13H14N4O2/c1-10(2)16(7-3-6-14)13-5-4-12(17(18)19)8-11(13)9-15/h4-5,8,10H,3,7H2,1-2H3. The summed E-state index contributed by atoms with van der Waals surface area (Å²) in [5.41, 5.74) is 0.767. The zero-order valence-electron chi connectivity index (χ0n) is 10.8. The summed E-state index contributed by atoms with van der Waals surface area (Å²) in [6.07, 6.45) is 0.333. The fraction of sp³-hybridized carbons (Fsp3) is 0.385. The van der Waals surface area contributed by atoms with Crippen molar-refractivity contribution in [3.63, 3.8) is 0 Å². The van der Waals surface area contributed by atoms with E-state index in [0.29, 0.717) is 18.7 Å². The highest BCUT2D eigenvalue weighted by atomic mass is 16.6. The Bertz CT molecular complexity index is 555. The van der Waals surface area contributed by atoms with E-state index in [9.17, 15) is 10.1 Å². The molecule has 0 aliphatic rings. The lowest BCUT2D eigenvalue weighted by Crippen LogP contribution is -2.32. The molecule has 0 saturated heterocycles. The van der Waals surface area contributed by atoms with E-state index in [0.717, 1.165) is 0 Å². The van der Waals surface area contributed by atoms with E-state index in [4.69, 9.17) is 10.5 Å². The Morgan fingerprint density at radius 1 is 1.42 bits per heavy atom. The predicted octanol–water partition coefficient (Wildman–Crippen LogP) is 2.59. The minimum atomic E-state index is -0.528. The van der Waals surface area contributed by atoms with E-state index in [-0.39, 0.29) is 17.3 Å². The second-order valence-electron chi connectivity index (χ2n) is 4.27. The Kier molecular flexibility index (Phi) is 4.84. The van der Waals surface area contributed by atoms with E-state index in [1.165, 1.54) is 12.1 Å². The molecule has 6 heteroatoms. The Morgan fingerprint density at radius 2 is 2.11 bits per heavy atom. The van der Waals surface area contributed by atoms with Crippen LogP contribution in [0, 0.1) is 32.8 Å². The summed E-state index contributed by atoms with van der Waals surface area (Å²) in [5, 5.41) is 28.5. The normalized spacial score (nSPS) is 9.74. The van der Waals surface area contributed by atoms with Crippen molar-refractivity contribution in [2.45, 2.75) is 26.3 Å². The number of nitriles is 2. The average molecular weight is 258 g/mol. The summed E-state index contributed by atoms with van der Waals surface area (Å²) in [4.78, 5) is 12.1. The maximum absolute atomic E-state index is 10.7. The van der Waals surface area contributed by atoms with Crippen LogP contribution in [0.4, 0.5) is 11.4 Å². The average Bonchev–Trinajstić information content (AvgIpc) is 2.38. The summed E-state index contributed by atoms with van der Waals surface area (Å²) in [6.45, 7) is 4.38. The molecule has 0 heterocycles. The highest BCUT2D eigenvalue weighted by Gasteiger charge is 2.17. The second-order valence-corrected chi connectivity index (χ2v) is 4.27. The van der Waals surface area contributed by atoms with Crippen LogP contribution in [-0.4, -0.2) is 17.5 Å². The van der Waals surface area contributed by atoms with Gasteiger partial charge in [-0.2, -0.15) is 10.5 Å². The number of nitro groups is 1. The summed E-state index contributed by atoms with van der Waals surface area (Å²) < 4.78 is 0. The third-order valence-electron chi connectivity index (χ3n) is 2.71. The Hall–Kier alpha value is -2.60. The van der Waals surface area contributed by atoms with Crippen LogP contribution in [0.2, 0.25) is 0 Å². The first-order valence-electron chi connectivity index (χ1n) is 5.83. The molecule has 1 aromatic rings. The third-order valence-corrected chi connectivity index (χ3v) is 2.71. The quantitative estimate of drug-likeness (QED) is 0.597. The SMILES string of the molecule is CC(C)N(CCC#N)c1ccc([N+](=O)[O-])cc1C#N. The van der Waals surface area contributed by atoms with Gasteiger partial charge in [0.2, 0.25) is 0 Å². The summed E-state index contributed by atoms with van der Waals surface area (Å²) >= 11 is 0. The van der Waals surface area contributed by atoms with Crippen molar-refractivity contribution in [2.75, 3.05) is 11.4 Å². The molecule has 0 N–H and O–H groups in total. The molecule has 0 aromatic heterocycles. The lowest BCUT2D eigenvalue weighted by Gasteiger charge is -2.28. The Morgan fingerprint density at radius 3 is 2.58 bits per heavy atom. The largest absolute Gasteiger partial charge is 0.367 e. The molecule has 0 fully saturated rings. The molecule has 0 saturated carbocycles.